The number of likely N-dealkylation sites (N-methyl/N-ethyl adjacent to an activating group) is 1. The van der Waals surface area contributed by atoms with Gasteiger partial charge in [-0.05, 0) is 57.7 Å². The van der Waals surface area contributed by atoms with E-state index in [1.807, 2.05) is 29.3 Å². The molecule has 2 N–H and O–H groups in total. The van der Waals surface area contributed by atoms with Crippen LogP contribution in [0.2, 0.25) is 10.0 Å². The number of nitrogens with zero attached hydrogens (tertiary/aromatic N) is 2. The first-order valence-corrected chi connectivity index (χ1v) is 13.7. The summed E-state index contributed by atoms with van der Waals surface area (Å²) in [6.45, 7) is 2.50. The number of thiazole rings is 1. The Morgan fingerprint density at radius 2 is 1.88 bits per heavy atom. The maximum atomic E-state index is 13.9. The highest BCUT2D eigenvalue weighted by Gasteiger charge is 2.40. The van der Waals surface area contributed by atoms with Gasteiger partial charge in [0, 0.05) is 17.5 Å². The Balaban J connectivity index is 1.55. The van der Waals surface area contributed by atoms with Crippen molar-refractivity contribution in [1.29, 1.82) is 0 Å². The molecule has 2 fully saturated rings. The minimum atomic E-state index is -0.487. The van der Waals surface area contributed by atoms with Crippen LogP contribution in [-0.2, 0) is 9.59 Å². The Kier molecular flexibility index (Phi) is 8.51. The minimum Gasteiger partial charge on any atom is -0.343 e. The molecule has 1 saturated carbocycles. The van der Waals surface area contributed by atoms with E-state index in [9.17, 15) is 9.59 Å². The van der Waals surface area contributed by atoms with Crippen molar-refractivity contribution in [1.82, 2.24) is 20.5 Å². The molecular weight excluding hydrogens is 491 g/mol. The molecule has 2 amide bonds. The quantitative estimate of drug-likeness (QED) is 0.506. The average molecular weight is 524 g/mol. The van der Waals surface area contributed by atoms with Crippen LogP contribution in [0, 0.1) is 5.92 Å². The molecule has 2 aromatic rings. The lowest BCUT2D eigenvalue weighted by Gasteiger charge is -2.35. The largest absolute Gasteiger partial charge is 0.343 e. The fourth-order valence-electron chi connectivity index (χ4n) is 4.95. The molecule has 1 aliphatic carbocycles. The summed E-state index contributed by atoms with van der Waals surface area (Å²) in [6.07, 6.45) is 7.16. The van der Waals surface area contributed by atoms with Gasteiger partial charge >= 0.3 is 0 Å². The third-order valence-corrected chi connectivity index (χ3v) is 8.75. The molecule has 4 rings (SSSR count). The van der Waals surface area contributed by atoms with E-state index in [2.05, 4.69) is 10.6 Å². The normalized spacial score (nSPS) is 20.8. The first-order chi connectivity index (χ1) is 16.4. The summed E-state index contributed by atoms with van der Waals surface area (Å²) in [7, 11) is 1.76. The van der Waals surface area contributed by atoms with Crippen molar-refractivity contribution in [2.45, 2.75) is 70.0 Å². The standard InChI is InChI=1S/C25H32Cl2N4O2S/c1-15(28-2)23(32)30-22(16-7-4-3-5-8-16)25(33)31-12-6-9-21(31)24-29-20(14-34-24)17-10-11-18(26)19(27)13-17/h10-11,13-16,21-22,28H,3-9,12H2,1-2H3,(H,30,32)/t15-,21-,22-/m0/s1. The summed E-state index contributed by atoms with van der Waals surface area (Å²) >= 11 is 13.8. The Morgan fingerprint density at radius 3 is 2.59 bits per heavy atom. The molecule has 1 aliphatic heterocycles. The van der Waals surface area contributed by atoms with Crippen LogP contribution in [0.3, 0.4) is 0 Å². The molecular formula is C25H32Cl2N4O2S. The van der Waals surface area contributed by atoms with Gasteiger partial charge in [0.1, 0.15) is 11.0 Å². The minimum absolute atomic E-state index is 0.0253. The zero-order valence-electron chi connectivity index (χ0n) is 19.7. The van der Waals surface area contributed by atoms with Gasteiger partial charge in [0.2, 0.25) is 11.8 Å². The number of carbonyl (C=O) groups excluding carboxylic acids is 2. The van der Waals surface area contributed by atoms with Crippen LogP contribution in [0.4, 0.5) is 0 Å². The van der Waals surface area contributed by atoms with Crippen molar-refractivity contribution >= 4 is 46.4 Å². The highest BCUT2D eigenvalue weighted by atomic mass is 35.5. The molecule has 0 unspecified atom stereocenters. The molecule has 2 heterocycles. The second-order valence-electron chi connectivity index (χ2n) is 9.28. The van der Waals surface area contributed by atoms with Crippen molar-refractivity contribution in [3.63, 3.8) is 0 Å². The number of hydrogen-bond donors (Lipinski definition) is 2. The summed E-state index contributed by atoms with van der Waals surface area (Å²) in [5.74, 6) is 0.0780. The van der Waals surface area contributed by atoms with Gasteiger partial charge in [0.05, 0.1) is 27.8 Å². The first-order valence-electron chi connectivity index (χ1n) is 12.1. The van der Waals surface area contributed by atoms with Gasteiger partial charge in [-0.15, -0.1) is 11.3 Å². The lowest BCUT2D eigenvalue weighted by atomic mass is 9.83. The summed E-state index contributed by atoms with van der Waals surface area (Å²) < 4.78 is 0. The highest BCUT2D eigenvalue weighted by Crippen LogP contribution is 2.38. The Labute approximate surface area is 215 Å². The van der Waals surface area contributed by atoms with Crippen LogP contribution >= 0.6 is 34.5 Å². The van der Waals surface area contributed by atoms with E-state index in [0.29, 0.717) is 16.6 Å². The number of halogens is 2. The monoisotopic (exact) mass is 522 g/mol. The molecule has 0 bridgehead atoms. The molecule has 1 aromatic heterocycles. The molecule has 9 heteroatoms. The second-order valence-corrected chi connectivity index (χ2v) is 11.0. The summed E-state index contributed by atoms with van der Waals surface area (Å²) in [5, 5.41) is 10.0. The number of nitrogens with one attached hydrogen (secondary N) is 2. The average Bonchev–Trinajstić information content (AvgIpc) is 3.53. The number of likely N-dealkylation sites (tertiary alicyclic amines) is 1. The Bertz CT molecular complexity index is 1020. The predicted octanol–water partition coefficient (Wildman–Crippen LogP) is 5.45. The summed E-state index contributed by atoms with van der Waals surface area (Å²) in [4.78, 5) is 33.4. The van der Waals surface area contributed by atoms with Crippen LogP contribution < -0.4 is 10.6 Å². The SMILES string of the molecule is CN[C@@H](C)C(=O)N[C@H](C(=O)N1CCC[C@H]1c1nc(-c2ccc(Cl)c(Cl)c2)cs1)C1CCCCC1. The first kappa shape index (κ1) is 25.4. The van der Waals surface area contributed by atoms with Crippen molar-refractivity contribution in [2.24, 2.45) is 5.92 Å². The van der Waals surface area contributed by atoms with E-state index in [1.54, 1.807) is 24.5 Å². The maximum Gasteiger partial charge on any atom is 0.246 e. The van der Waals surface area contributed by atoms with Crippen molar-refractivity contribution in [2.75, 3.05) is 13.6 Å². The smallest absolute Gasteiger partial charge is 0.246 e. The lowest BCUT2D eigenvalue weighted by molar-refractivity contribution is -0.139. The molecule has 34 heavy (non-hydrogen) atoms. The zero-order valence-corrected chi connectivity index (χ0v) is 22.0. The topological polar surface area (TPSA) is 74.3 Å². The van der Waals surface area contributed by atoms with Gasteiger partial charge in [-0.3, -0.25) is 9.59 Å². The molecule has 0 radical (unpaired) electrons. The summed E-state index contributed by atoms with van der Waals surface area (Å²) in [6, 6.07) is 4.59. The number of aromatic nitrogens is 1. The summed E-state index contributed by atoms with van der Waals surface area (Å²) in [5.41, 5.74) is 1.74. The van der Waals surface area contributed by atoms with Crippen LogP contribution in [0.5, 0.6) is 0 Å². The fourth-order valence-corrected chi connectivity index (χ4v) is 6.23. The van der Waals surface area contributed by atoms with Crippen LogP contribution in [-0.4, -0.2) is 47.4 Å². The predicted molar refractivity (Wildman–Crippen MR) is 138 cm³/mol. The second kappa shape index (κ2) is 11.4. The van der Waals surface area contributed by atoms with Gasteiger partial charge < -0.3 is 15.5 Å². The van der Waals surface area contributed by atoms with Crippen LogP contribution in [0.15, 0.2) is 23.6 Å². The number of amides is 2. The van der Waals surface area contributed by atoms with Crippen molar-refractivity contribution in [3.05, 3.63) is 38.6 Å². The van der Waals surface area contributed by atoms with E-state index in [1.165, 1.54) is 6.42 Å². The highest BCUT2D eigenvalue weighted by molar-refractivity contribution is 7.10. The number of carbonyl (C=O) groups is 2. The molecule has 6 nitrogen and oxygen atoms in total. The Hall–Kier alpha value is -1.67. The Morgan fingerprint density at radius 1 is 1.12 bits per heavy atom. The van der Waals surface area contributed by atoms with E-state index in [0.717, 1.165) is 54.8 Å². The maximum absolute atomic E-state index is 13.9. The molecule has 184 valence electrons. The fraction of sp³-hybridized carbons (Fsp3) is 0.560. The molecule has 0 spiro atoms. The van der Waals surface area contributed by atoms with E-state index in [4.69, 9.17) is 28.2 Å². The number of hydrogen-bond acceptors (Lipinski definition) is 5. The van der Waals surface area contributed by atoms with Gasteiger partial charge in [0.25, 0.3) is 0 Å². The molecule has 3 atom stereocenters. The third-order valence-electron chi connectivity index (χ3n) is 7.07. The van der Waals surface area contributed by atoms with Gasteiger partial charge in [-0.2, -0.15) is 0 Å². The van der Waals surface area contributed by atoms with Crippen LogP contribution in [0.1, 0.15) is 62.9 Å². The molecule has 1 aromatic carbocycles. The van der Waals surface area contributed by atoms with Gasteiger partial charge in [-0.1, -0.05) is 48.5 Å². The lowest BCUT2D eigenvalue weighted by Crippen LogP contribution is -2.55. The van der Waals surface area contributed by atoms with E-state index in [-0.39, 0.29) is 29.8 Å². The van der Waals surface area contributed by atoms with E-state index >= 15 is 0 Å². The number of rotatable bonds is 7. The van der Waals surface area contributed by atoms with Crippen LogP contribution in [0.25, 0.3) is 11.3 Å². The van der Waals surface area contributed by atoms with Gasteiger partial charge in [0.15, 0.2) is 0 Å². The van der Waals surface area contributed by atoms with Gasteiger partial charge in [-0.25, -0.2) is 4.98 Å². The molecule has 2 aliphatic rings. The third kappa shape index (κ3) is 5.59. The number of benzene rings is 1. The van der Waals surface area contributed by atoms with E-state index < -0.39 is 6.04 Å². The molecule has 1 saturated heterocycles. The zero-order chi connectivity index (χ0) is 24.2. The van der Waals surface area contributed by atoms with Crippen molar-refractivity contribution < 1.29 is 9.59 Å². The van der Waals surface area contributed by atoms with Crippen molar-refractivity contribution in [3.8, 4) is 11.3 Å².